The van der Waals surface area contributed by atoms with E-state index in [0.29, 0.717) is 0 Å². The molecule has 78 valence electrons. The van der Waals surface area contributed by atoms with Gasteiger partial charge in [0, 0.05) is 5.12 Å². The Kier molecular flexibility index (Phi) is 14.8. The molecule has 0 aliphatic carbocycles. The second kappa shape index (κ2) is 12.0. The van der Waals surface area contributed by atoms with E-state index in [1.54, 1.807) is 0 Å². The van der Waals surface area contributed by atoms with Crippen LogP contribution in [0.3, 0.4) is 0 Å². The average Bonchev–Trinajstić information content (AvgIpc) is 2.10. The zero-order valence-electron chi connectivity index (χ0n) is 9.84. The molecule has 0 aromatic carbocycles. The zero-order chi connectivity index (χ0) is 10.1. The molecule has 1 nitrogen and oxygen atoms in total. The molecule has 0 aliphatic rings. The second-order valence-electron chi connectivity index (χ2n) is 3.78. The van der Waals surface area contributed by atoms with Crippen molar-refractivity contribution in [2.45, 2.75) is 58.8 Å². The first-order valence-electron chi connectivity index (χ1n) is 5.39. The summed E-state index contributed by atoms with van der Waals surface area (Å²) in [6.45, 7) is 4.15. The summed E-state index contributed by atoms with van der Waals surface area (Å²) in [5.74, 6) is 0.0983. The average molecular weight is 224 g/mol. The molecule has 0 saturated heterocycles. The molecule has 0 heterocycles. The van der Waals surface area contributed by atoms with Gasteiger partial charge in [0.2, 0.25) is 0 Å². The SMILES string of the molecule is CCCCCCCCC(C)C(=O)[S-].[Na+]. The van der Waals surface area contributed by atoms with Gasteiger partial charge in [0.05, 0.1) is 0 Å². The summed E-state index contributed by atoms with van der Waals surface area (Å²) in [5, 5.41) is -0.0754. The molecule has 1 unspecified atom stereocenters. The van der Waals surface area contributed by atoms with Crippen LogP contribution in [0.15, 0.2) is 0 Å². The molecule has 0 N–H and O–H groups in total. The first kappa shape index (κ1) is 17.3. The van der Waals surface area contributed by atoms with Crippen LogP contribution in [0.1, 0.15) is 58.8 Å². The third kappa shape index (κ3) is 11.0. The summed E-state index contributed by atoms with van der Waals surface area (Å²) in [6, 6.07) is 0. The zero-order valence-corrected chi connectivity index (χ0v) is 12.7. The minimum absolute atomic E-state index is 0. The van der Waals surface area contributed by atoms with E-state index >= 15 is 0 Å². The molecule has 0 radical (unpaired) electrons. The third-order valence-corrected chi connectivity index (χ3v) is 2.80. The van der Waals surface area contributed by atoms with Gasteiger partial charge in [0.15, 0.2) is 0 Å². The fourth-order valence-corrected chi connectivity index (χ4v) is 1.47. The van der Waals surface area contributed by atoms with E-state index < -0.39 is 0 Å². The maximum Gasteiger partial charge on any atom is 1.00 e. The fourth-order valence-electron chi connectivity index (χ4n) is 1.35. The molecular formula is C11H21NaOS. The van der Waals surface area contributed by atoms with Crippen molar-refractivity contribution in [1.29, 1.82) is 0 Å². The molecular weight excluding hydrogens is 203 g/mol. The van der Waals surface area contributed by atoms with Gasteiger partial charge in [-0.2, -0.15) is 0 Å². The van der Waals surface area contributed by atoms with Gasteiger partial charge >= 0.3 is 29.6 Å². The molecule has 0 aliphatic heterocycles. The van der Waals surface area contributed by atoms with E-state index in [4.69, 9.17) is 0 Å². The van der Waals surface area contributed by atoms with Crippen LogP contribution in [0.4, 0.5) is 0 Å². The predicted octanol–water partition coefficient (Wildman–Crippen LogP) is 0.451. The summed E-state index contributed by atoms with van der Waals surface area (Å²) < 4.78 is 0. The Morgan fingerprint density at radius 3 is 2.14 bits per heavy atom. The predicted molar refractivity (Wildman–Crippen MR) is 59.5 cm³/mol. The topological polar surface area (TPSA) is 17.1 Å². The normalized spacial score (nSPS) is 11.9. The monoisotopic (exact) mass is 224 g/mol. The second-order valence-corrected chi connectivity index (χ2v) is 4.18. The van der Waals surface area contributed by atoms with Gasteiger partial charge < -0.3 is 17.4 Å². The smallest absolute Gasteiger partial charge is 0.742 e. The quantitative estimate of drug-likeness (QED) is 0.338. The molecule has 14 heavy (non-hydrogen) atoms. The molecule has 0 aromatic rings. The Hall–Kier alpha value is 0.890. The van der Waals surface area contributed by atoms with Gasteiger partial charge in [-0.3, -0.25) is 0 Å². The van der Waals surface area contributed by atoms with E-state index in [1.807, 2.05) is 6.92 Å². The van der Waals surface area contributed by atoms with Crippen molar-refractivity contribution in [3.8, 4) is 0 Å². The summed E-state index contributed by atoms with van der Waals surface area (Å²) in [5.41, 5.74) is 0. The molecule has 3 heteroatoms. The van der Waals surface area contributed by atoms with Gasteiger partial charge in [-0.15, -0.1) is 0 Å². The standard InChI is InChI=1S/C11H22OS.Na/c1-3-4-5-6-7-8-9-10(2)11(12)13;/h10H,3-9H2,1-2H3,(H,12,13);/q;+1/p-1. The Balaban J connectivity index is 0. The maximum absolute atomic E-state index is 10.7. The van der Waals surface area contributed by atoms with Crippen LogP contribution in [0, 0.1) is 5.92 Å². The minimum atomic E-state index is -0.0754. The number of hydrogen-bond acceptors (Lipinski definition) is 2. The Labute approximate surface area is 116 Å². The third-order valence-electron chi connectivity index (χ3n) is 2.39. The molecule has 1 atom stereocenters. The molecule has 0 fully saturated rings. The molecule has 0 bridgehead atoms. The first-order valence-corrected chi connectivity index (χ1v) is 5.80. The summed E-state index contributed by atoms with van der Waals surface area (Å²) >= 11 is 4.58. The van der Waals surface area contributed by atoms with Gasteiger partial charge in [0.25, 0.3) is 0 Å². The van der Waals surface area contributed by atoms with E-state index in [2.05, 4.69) is 19.6 Å². The van der Waals surface area contributed by atoms with Gasteiger partial charge in [0.1, 0.15) is 0 Å². The number of unbranched alkanes of at least 4 members (excludes halogenated alkanes) is 5. The molecule has 0 spiro atoms. The first-order chi connectivity index (χ1) is 6.18. The summed E-state index contributed by atoms with van der Waals surface area (Å²) in [7, 11) is 0. The molecule has 0 rings (SSSR count). The van der Waals surface area contributed by atoms with Crippen LogP contribution in [0.5, 0.6) is 0 Å². The molecule has 0 amide bonds. The summed E-state index contributed by atoms with van der Waals surface area (Å²) in [4.78, 5) is 10.7. The number of carbonyl (C=O) groups excluding carboxylic acids is 1. The van der Waals surface area contributed by atoms with E-state index in [9.17, 15) is 4.79 Å². The number of rotatable bonds is 8. The number of hydrogen-bond donors (Lipinski definition) is 0. The van der Waals surface area contributed by atoms with Crippen molar-refractivity contribution in [2.75, 3.05) is 0 Å². The van der Waals surface area contributed by atoms with Crippen molar-refractivity contribution in [3.63, 3.8) is 0 Å². The van der Waals surface area contributed by atoms with Gasteiger partial charge in [-0.1, -0.05) is 52.4 Å². The van der Waals surface area contributed by atoms with Crippen LogP contribution in [-0.4, -0.2) is 5.12 Å². The van der Waals surface area contributed by atoms with Crippen LogP contribution < -0.4 is 29.6 Å². The molecule has 0 saturated carbocycles. The van der Waals surface area contributed by atoms with Crippen molar-refractivity contribution in [3.05, 3.63) is 0 Å². The van der Waals surface area contributed by atoms with Crippen molar-refractivity contribution < 1.29 is 34.4 Å². The molecule has 0 aromatic heterocycles. The van der Waals surface area contributed by atoms with Crippen LogP contribution in [0.25, 0.3) is 0 Å². The van der Waals surface area contributed by atoms with E-state index in [0.717, 1.165) is 12.8 Å². The van der Waals surface area contributed by atoms with Crippen molar-refractivity contribution in [2.24, 2.45) is 5.92 Å². The van der Waals surface area contributed by atoms with Gasteiger partial charge in [-0.25, -0.2) is 0 Å². The maximum atomic E-state index is 10.7. The Bertz CT molecular complexity index is 139. The minimum Gasteiger partial charge on any atom is -0.742 e. The largest absolute Gasteiger partial charge is 1.00 e. The van der Waals surface area contributed by atoms with Crippen molar-refractivity contribution >= 4 is 17.7 Å². The summed E-state index contributed by atoms with van der Waals surface area (Å²) in [6.07, 6.45) is 8.68. The van der Waals surface area contributed by atoms with Gasteiger partial charge in [-0.05, 0) is 12.3 Å². The van der Waals surface area contributed by atoms with Crippen LogP contribution in [0.2, 0.25) is 0 Å². The fraction of sp³-hybridized carbons (Fsp3) is 0.909. The van der Waals surface area contributed by atoms with Crippen LogP contribution >= 0.6 is 0 Å². The van der Waals surface area contributed by atoms with Crippen molar-refractivity contribution in [1.82, 2.24) is 0 Å². The van der Waals surface area contributed by atoms with E-state index in [1.165, 1.54) is 32.1 Å². The number of carbonyl (C=O) groups is 1. The van der Waals surface area contributed by atoms with E-state index in [-0.39, 0.29) is 40.6 Å². The Morgan fingerprint density at radius 1 is 1.14 bits per heavy atom. The van der Waals surface area contributed by atoms with Crippen LogP contribution in [-0.2, 0) is 17.4 Å². The Morgan fingerprint density at radius 2 is 1.64 bits per heavy atom.